The molecule has 2 heterocycles. The molecular weight excluding hydrogens is 338 g/mol. The summed E-state index contributed by atoms with van der Waals surface area (Å²) < 4.78 is 5.63. The van der Waals surface area contributed by atoms with Crippen LogP contribution in [0.2, 0.25) is 0 Å². The van der Waals surface area contributed by atoms with Gasteiger partial charge in [-0.1, -0.05) is 30.3 Å². The van der Waals surface area contributed by atoms with Gasteiger partial charge in [0.15, 0.2) is 5.96 Å². The molecule has 1 aromatic heterocycles. The lowest BCUT2D eigenvalue weighted by atomic mass is 10.1. The average Bonchev–Trinajstić information content (AvgIpc) is 2.69. The molecule has 1 atom stereocenters. The lowest BCUT2D eigenvalue weighted by Crippen LogP contribution is -2.40. The highest BCUT2D eigenvalue weighted by molar-refractivity contribution is 5.79. The van der Waals surface area contributed by atoms with Gasteiger partial charge in [-0.15, -0.1) is 0 Å². The highest BCUT2D eigenvalue weighted by Gasteiger charge is 2.16. The predicted octanol–water partition coefficient (Wildman–Crippen LogP) is 2.17. The maximum atomic E-state index is 5.63. The first kappa shape index (κ1) is 19.3. The summed E-state index contributed by atoms with van der Waals surface area (Å²) in [6, 6.07) is 14.6. The third kappa shape index (κ3) is 6.34. The van der Waals surface area contributed by atoms with E-state index in [2.05, 4.69) is 56.7 Å². The number of guanidine groups is 1. The van der Waals surface area contributed by atoms with Crippen LogP contribution >= 0.6 is 0 Å². The van der Waals surface area contributed by atoms with E-state index in [4.69, 9.17) is 4.74 Å². The maximum Gasteiger partial charge on any atom is 0.191 e. The first-order chi connectivity index (χ1) is 13.2. The first-order valence-corrected chi connectivity index (χ1v) is 9.49. The number of nitrogens with zero attached hydrogens (tertiary/aromatic N) is 3. The molecule has 1 saturated heterocycles. The summed E-state index contributed by atoms with van der Waals surface area (Å²) in [5, 5.41) is 6.67. The van der Waals surface area contributed by atoms with Gasteiger partial charge in [0, 0.05) is 39.4 Å². The smallest absolute Gasteiger partial charge is 0.191 e. The Morgan fingerprint density at radius 1 is 1.19 bits per heavy atom. The summed E-state index contributed by atoms with van der Waals surface area (Å²) in [5.41, 5.74) is 3.57. The molecule has 0 radical (unpaired) electrons. The standard InChI is InChI=1S/C21H29N5O/c1-17-15-26(10-11-27-17)16-19-7-5-6-18(12-19)13-24-21(22-2)25-14-20-8-3-4-9-23-20/h3-9,12,17H,10-11,13-16H2,1-2H3,(H2,22,24,25). The highest BCUT2D eigenvalue weighted by Crippen LogP contribution is 2.12. The molecule has 1 aliphatic rings. The summed E-state index contributed by atoms with van der Waals surface area (Å²) in [5.74, 6) is 0.771. The molecule has 2 N–H and O–H groups in total. The van der Waals surface area contributed by atoms with E-state index in [1.165, 1.54) is 11.1 Å². The zero-order valence-corrected chi connectivity index (χ0v) is 16.2. The number of pyridine rings is 1. The molecule has 6 nitrogen and oxygen atoms in total. The van der Waals surface area contributed by atoms with Gasteiger partial charge >= 0.3 is 0 Å². The molecule has 1 aliphatic heterocycles. The topological polar surface area (TPSA) is 61.8 Å². The van der Waals surface area contributed by atoms with Crippen molar-refractivity contribution in [1.29, 1.82) is 0 Å². The van der Waals surface area contributed by atoms with Gasteiger partial charge in [-0.25, -0.2) is 0 Å². The van der Waals surface area contributed by atoms with Crippen molar-refractivity contribution in [2.75, 3.05) is 26.7 Å². The Morgan fingerprint density at radius 3 is 2.81 bits per heavy atom. The molecule has 144 valence electrons. The number of nitrogens with one attached hydrogen (secondary N) is 2. The van der Waals surface area contributed by atoms with Crippen LogP contribution in [0.15, 0.2) is 53.7 Å². The summed E-state index contributed by atoms with van der Waals surface area (Å²) in [6.45, 7) is 7.29. The normalized spacial score (nSPS) is 18.3. The average molecular weight is 367 g/mol. The van der Waals surface area contributed by atoms with Gasteiger partial charge in [0.25, 0.3) is 0 Å². The molecule has 3 rings (SSSR count). The third-order valence-corrected chi connectivity index (χ3v) is 4.57. The van der Waals surface area contributed by atoms with Crippen molar-refractivity contribution in [3.63, 3.8) is 0 Å². The van der Waals surface area contributed by atoms with Gasteiger partial charge in [0.1, 0.15) is 0 Å². The van der Waals surface area contributed by atoms with Gasteiger partial charge in [-0.3, -0.25) is 14.9 Å². The molecule has 1 aromatic carbocycles. The summed E-state index contributed by atoms with van der Waals surface area (Å²) in [6.07, 6.45) is 2.12. The molecule has 2 aromatic rings. The fourth-order valence-corrected chi connectivity index (χ4v) is 3.21. The fraction of sp³-hybridized carbons (Fsp3) is 0.429. The van der Waals surface area contributed by atoms with Gasteiger partial charge in [0.2, 0.25) is 0 Å². The van der Waals surface area contributed by atoms with E-state index in [-0.39, 0.29) is 0 Å². The third-order valence-electron chi connectivity index (χ3n) is 4.57. The van der Waals surface area contributed by atoms with Crippen molar-refractivity contribution >= 4 is 5.96 Å². The second kappa shape index (κ2) is 10.0. The van der Waals surface area contributed by atoms with E-state index < -0.39 is 0 Å². The van der Waals surface area contributed by atoms with Crippen LogP contribution in [0.4, 0.5) is 0 Å². The van der Waals surface area contributed by atoms with Crippen LogP contribution in [0.3, 0.4) is 0 Å². The van der Waals surface area contributed by atoms with Crippen molar-refractivity contribution in [3.8, 4) is 0 Å². The largest absolute Gasteiger partial charge is 0.376 e. The van der Waals surface area contributed by atoms with Crippen molar-refractivity contribution in [2.24, 2.45) is 4.99 Å². The van der Waals surface area contributed by atoms with Crippen molar-refractivity contribution in [2.45, 2.75) is 32.7 Å². The molecule has 0 amide bonds. The lowest BCUT2D eigenvalue weighted by Gasteiger charge is -2.31. The van der Waals surface area contributed by atoms with Gasteiger partial charge < -0.3 is 15.4 Å². The number of hydrogen-bond donors (Lipinski definition) is 2. The first-order valence-electron chi connectivity index (χ1n) is 9.49. The molecule has 0 spiro atoms. The zero-order valence-electron chi connectivity index (χ0n) is 16.2. The van der Waals surface area contributed by atoms with Crippen LogP contribution in [0.1, 0.15) is 23.7 Å². The van der Waals surface area contributed by atoms with Crippen LogP contribution in [0.5, 0.6) is 0 Å². The Hall–Kier alpha value is -2.44. The van der Waals surface area contributed by atoms with Crippen LogP contribution in [0.25, 0.3) is 0 Å². The molecule has 0 saturated carbocycles. The molecule has 0 bridgehead atoms. The van der Waals surface area contributed by atoms with Crippen LogP contribution < -0.4 is 10.6 Å². The lowest BCUT2D eigenvalue weighted by molar-refractivity contribution is -0.0212. The number of benzene rings is 1. The number of aliphatic imine (C=N–C) groups is 1. The Labute approximate surface area is 161 Å². The number of rotatable bonds is 6. The maximum absolute atomic E-state index is 5.63. The molecule has 0 aliphatic carbocycles. The molecule has 1 fully saturated rings. The SMILES string of the molecule is CN=C(NCc1cccc(CN2CCOC(C)C2)c1)NCc1ccccn1. The second-order valence-electron chi connectivity index (χ2n) is 6.84. The minimum atomic E-state index is 0.317. The van der Waals surface area contributed by atoms with E-state index in [0.717, 1.165) is 44.4 Å². The summed E-state index contributed by atoms with van der Waals surface area (Å²) in [7, 11) is 1.78. The minimum Gasteiger partial charge on any atom is -0.376 e. The van der Waals surface area contributed by atoms with E-state index in [9.17, 15) is 0 Å². The van der Waals surface area contributed by atoms with Gasteiger partial charge in [0.05, 0.1) is 24.9 Å². The predicted molar refractivity (Wildman–Crippen MR) is 108 cm³/mol. The van der Waals surface area contributed by atoms with Crippen LogP contribution in [-0.2, 0) is 24.4 Å². The van der Waals surface area contributed by atoms with Crippen molar-refractivity contribution in [3.05, 3.63) is 65.5 Å². The van der Waals surface area contributed by atoms with E-state index in [1.54, 1.807) is 13.2 Å². The van der Waals surface area contributed by atoms with Gasteiger partial charge in [-0.2, -0.15) is 0 Å². The molecular formula is C21H29N5O. The molecule has 6 heteroatoms. The zero-order chi connectivity index (χ0) is 18.9. The number of hydrogen-bond acceptors (Lipinski definition) is 4. The van der Waals surface area contributed by atoms with Crippen LogP contribution in [-0.4, -0.2) is 48.7 Å². The number of aromatic nitrogens is 1. The number of ether oxygens (including phenoxy) is 1. The Bertz CT molecular complexity index is 734. The van der Waals surface area contributed by atoms with E-state index in [0.29, 0.717) is 12.6 Å². The number of morpholine rings is 1. The van der Waals surface area contributed by atoms with Crippen LogP contribution in [0, 0.1) is 0 Å². The van der Waals surface area contributed by atoms with Crippen molar-refractivity contribution < 1.29 is 4.74 Å². The van der Waals surface area contributed by atoms with E-state index in [1.807, 2.05) is 18.2 Å². The monoisotopic (exact) mass is 367 g/mol. The molecule has 27 heavy (non-hydrogen) atoms. The van der Waals surface area contributed by atoms with Crippen molar-refractivity contribution in [1.82, 2.24) is 20.5 Å². The Kier molecular flexibility index (Phi) is 7.19. The Morgan fingerprint density at radius 2 is 2.04 bits per heavy atom. The minimum absolute atomic E-state index is 0.317. The molecule has 1 unspecified atom stereocenters. The second-order valence-corrected chi connectivity index (χ2v) is 6.84. The quantitative estimate of drug-likeness (QED) is 0.605. The van der Waals surface area contributed by atoms with Gasteiger partial charge in [-0.05, 0) is 30.2 Å². The van der Waals surface area contributed by atoms with E-state index >= 15 is 0 Å². The fourth-order valence-electron chi connectivity index (χ4n) is 3.21. The summed E-state index contributed by atoms with van der Waals surface area (Å²) >= 11 is 0. The summed E-state index contributed by atoms with van der Waals surface area (Å²) in [4.78, 5) is 11.1. The Balaban J connectivity index is 1.49. The highest BCUT2D eigenvalue weighted by atomic mass is 16.5.